The molecule has 2 atom stereocenters. The summed E-state index contributed by atoms with van der Waals surface area (Å²) in [6.07, 6.45) is -4.46. The molecule has 88 valence electrons. The largest absolute Gasteiger partial charge is 0.431 e. The van der Waals surface area contributed by atoms with E-state index in [1.807, 2.05) is 0 Å². The highest BCUT2D eigenvalue weighted by Crippen LogP contribution is 2.49. The summed E-state index contributed by atoms with van der Waals surface area (Å²) in [5, 5.41) is 0. The summed E-state index contributed by atoms with van der Waals surface area (Å²) in [4.78, 5) is 0. The highest BCUT2D eigenvalue weighted by Gasteiger charge is 2.72. The number of ether oxygens (including phenoxy) is 1. The molecule has 1 aliphatic rings. The van der Waals surface area contributed by atoms with Crippen molar-refractivity contribution in [2.75, 3.05) is 0 Å². The Kier molecular flexibility index (Phi) is 2.72. The molecule has 17 heavy (non-hydrogen) atoms. The Labute approximate surface area is 96.9 Å². The van der Waals surface area contributed by atoms with E-state index in [1.54, 1.807) is 30.3 Å². The molecule has 2 rings (SSSR count). The summed E-state index contributed by atoms with van der Waals surface area (Å²) in [7, 11) is 0. The third kappa shape index (κ3) is 2.06. The lowest BCUT2D eigenvalue weighted by atomic mass is 10.0. The minimum Gasteiger partial charge on any atom is -0.339 e. The van der Waals surface area contributed by atoms with Crippen LogP contribution in [0.2, 0.25) is 0 Å². The van der Waals surface area contributed by atoms with Crippen molar-refractivity contribution in [2.45, 2.75) is 17.9 Å². The van der Waals surface area contributed by atoms with E-state index in [9.17, 15) is 13.2 Å². The van der Waals surface area contributed by atoms with Gasteiger partial charge in [-0.25, -0.2) is 0 Å². The zero-order chi connectivity index (χ0) is 12.5. The lowest BCUT2D eigenvalue weighted by Crippen LogP contribution is -2.33. The van der Waals surface area contributed by atoms with Crippen LogP contribution in [-0.2, 0) is 4.74 Å². The molecule has 1 saturated heterocycles. The quantitative estimate of drug-likeness (QED) is 0.416. The summed E-state index contributed by atoms with van der Waals surface area (Å²) in [5.41, 5.74) is -1.85. The van der Waals surface area contributed by atoms with Gasteiger partial charge in [-0.15, -0.1) is 6.58 Å². The van der Waals surface area contributed by atoms with Gasteiger partial charge in [0.1, 0.15) is 6.10 Å². The third-order valence-electron chi connectivity index (χ3n) is 2.46. The summed E-state index contributed by atoms with van der Waals surface area (Å²) >= 11 is 0. The number of hydrogen-bond donors (Lipinski definition) is 0. The van der Waals surface area contributed by atoms with Gasteiger partial charge < -0.3 is 4.74 Å². The van der Waals surface area contributed by atoms with E-state index in [4.69, 9.17) is 0 Å². The van der Waals surface area contributed by atoms with Crippen LogP contribution >= 0.6 is 0 Å². The third-order valence-corrected chi connectivity index (χ3v) is 2.46. The maximum absolute atomic E-state index is 12.8. The highest BCUT2D eigenvalue weighted by atomic mass is 19.4. The fourth-order valence-corrected chi connectivity index (χ4v) is 1.47. The van der Waals surface area contributed by atoms with Crippen LogP contribution in [0.3, 0.4) is 0 Å². The van der Waals surface area contributed by atoms with Gasteiger partial charge in [-0.1, -0.05) is 30.2 Å². The van der Waals surface area contributed by atoms with E-state index >= 15 is 0 Å². The standard InChI is InChI=1S/C13H9F3O/c1-2-11-12(17-11,13(14,15)16)9-8-10-6-4-3-5-7-10/h2-7,11H,1H2/t11-,12+/m1/s1. The minimum absolute atomic E-state index is 0.523. The van der Waals surface area contributed by atoms with Crippen molar-refractivity contribution in [1.82, 2.24) is 0 Å². The van der Waals surface area contributed by atoms with Gasteiger partial charge in [0.2, 0.25) is 0 Å². The van der Waals surface area contributed by atoms with Gasteiger partial charge in [0.05, 0.1) is 0 Å². The molecule has 0 aromatic heterocycles. The molecular weight excluding hydrogens is 229 g/mol. The van der Waals surface area contributed by atoms with Gasteiger partial charge in [0.15, 0.2) is 0 Å². The van der Waals surface area contributed by atoms with E-state index in [1.165, 1.54) is 0 Å². The molecule has 0 N–H and O–H groups in total. The highest BCUT2D eigenvalue weighted by molar-refractivity contribution is 5.41. The summed E-state index contributed by atoms with van der Waals surface area (Å²) in [5.74, 6) is 4.63. The normalized spacial score (nSPS) is 26.9. The van der Waals surface area contributed by atoms with Crippen molar-refractivity contribution in [3.05, 3.63) is 48.6 Å². The summed E-state index contributed by atoms with van der Waals surface area (Å²) < 4.78 is 42.9. The van der Waals surface area contributed by atoms with Crippen LogP contribution in [-0.4, -0.2) is 17.9 Å². The van der Waals surface area contributed by atoms with Crippen molar-refractivity contribution in [1.29, 1.82) is 0 Å². The Hall–Kier alpha value is -1.73. The number of epoxide rings is 1. The smallest absolute Gasteiger partial charge is 0.339 e. The van der Waals surface area contributed by atoms with Crippen LogP contribution in [0.15, 0.2) is 43.0 Å². The second kappa shape index (κ2) is 3.94. The number of alkyl halides is 3. The first-order valence-electron chi connectivity index (χ1n) is 4.95. The van der Waals surface area contributed by atoms with Crippen LogP contribution in [0.5, 0.6) is 0 Å². The van der Waals surface area contributed by atoms with Gasteiger partial charge in [0, 0.05) is 5.56 Å². The van der Waals surface area contributed by atoms with Gasteiger partial charge in [-0.05, 0) is 18.1 Å². The summed E-state index contributed by atoms with van der Waals surface area (Å²) in [6, 6.07) is 8.47. The van der Waals surface area contributed by atoms with Crippen molar-refractivity contribution in [3.8, 4) is 11.8 Å². The molecule has 0 unspecified atom stereocenters. The zero-order valence-electron chi connectivity index (χ0n) is 8.79. The number of benzene rings is 1. The second-order valence-electron chi connectivity index (χ2n) is 3.62. The van der Waals surface area contributed by atoms with E-state index < -0.39 is 17.9 Å². The molecule has 1 aliphatic heterocycles. The first-order valence-corrected chi connectivity index (χ1v) is 4.95. The monoisotopic (exact) mass is 238 g/mol. The topological polar surface area (TPSA) is 12.5 Å². The molecule has 0 saturated carbocycles. The lowest BCUT2D eigenvalue weighted by Gasteiger charge is -2.09. The molecule has 1 aromatic carbocycles. The van der Waals surface area contributed by atoms with E-state index in [0.717, 1.165) is 6.08 Å². The molecular formula is C13H9F3O. The lowest BCUT2D eigenvalue weighted by molar-refractivity contribution is -0.166. The minimum atomic E-state index is -4.51. The van der Waals surface area contributed by atoms with Crippen molar-refractivity contribution >= 4 is 0 Å². The van der Waals surface area contributed by atoms with E-state index in [2.05, 4.69) is 23.2 Å². The predicted molar refractivity (Wildman–Crippen MR) is 57.2 cm³/mol. The Balaban J connectivity index is 2.28. The molecule has 0 radical (unpaired) electrons. The molecule has 1 heterocycles. The van der Waals surface area contributed by atoms with Crippen LogP contribution < -0.4 is 0 Å². The van der Waals surface area contributed by atoms with Crippen LogP contribution in [0.25, 0.3) is 0 Å². The number of halogens is 3. The van der Waals surface area contributed by atoms with Crippen LogP contribution in [0.1, 0.15) is 5.56 Å². The van der Waals surface area contributed by atoms with Crippen LogP contribution in [0.4, 0.5) is 13.2 Å². The summed E-state index contributed by atoms with van der Waals surface area (Å²) in [6.45, 7) is 3.29. The van der Waals surface area contributed by atoms with Crippen molar-refractivity contribution < 1.29 is 17.9 Å². The Bertz CT molecular complexity index is 481. The van der Waals surface area contributed by atoms with Gasteiger partial charge >= 0.3 is 6.18 Å². The molecule has 0 spiro atoms. The zero-order valence-corrected chi connectivity index (χ0v) is 8.79. The average Bonchev–Trinajstić information content (AvgIpc) is 3.02. The second-order valence-corrected chi connectivity index (χ2v) is 3.62. The molecule has 1 fully saturated rings. The number of hydrogen-bond acceptors (Lipinski definition) is 1. The van der Waals surface area contributed by atoms with Crippen LogP contribution in [0, 0.1) is 11.8 Å². The van der Waals surface area contributed by atoms with Gasteiger partial charge in [-0.3, -0.25) is 0 Å². The predicted octanol–water partition coefficient (Wildman–Crippen LogP) is 2.92. The van der Waals surface area contributed by atoms with Crippen molar-refractivity contribution in [2.24, 2.45) is 0 Å². The maximum atomic E-state index is 12.8. The Morgan fingerprint density at radius 1 is 1.29 bits per heavy atom. The molecule has 1 nitrogen and oxygen atoms in total. The molecule has 0 aliphatic carbocycles. The average molecular weight is 238 g/mol. The molecule has 1 aromatic rings. The molecule has 0 amide bonds. The Morgan fingerprint density at radius 2 is 1.94 bits per heavy atom. The molecule has 0 bridgehead atoms. The van der Waals surface area contributed by atoms with Gasteiger partial charge in [-0.2, -0.15) is 13.2 Å². The van der Waals surface area contributed by atoms with E-state index in [0.29, 0.717) is 5.56 Å². The maximum Gasteiger partial charge on any atom is 0.431 e. The van der Waals surface area contributed by atoms with Gasteiger partial charge in [0.25, 0.3) is 5.60 Å². The first-order chi connectivity index (χ1) is 7.99. The SMILES string of the molecule is C=C[C@H]1O[C@]1(C#Cc1ccccc1)C(F)(F)F. The Morgan fingerprint density at radius 3 is 2.41 bits per heavy atom. The molecule has 4 heteroatoms. The first kappa shape index (κ1) is 11.7. The fraction of sp³-hybridized carbons (Fsp3) is 0.231. The fourth-order valence-electron chi connectivity index (χ4n) is 1.47. The van der Waals surface area contributed by atoms with E-state index in [-0.39, 0.29) is 0 Å². The number of rotatable bonds is 1. The van der Waals surface area contributed by atoms with Crippen molar-refractivity contribution in [3.63, 3.8) is 0 Å².